The van der Waals surface area contributed by atoms with Crippen LogP contribution in [0.4, 0.5) is 4.39 Å². The highest BCUT2D eigenvalue weighted by Crippen LogP contribution is 2.39. The molecule has 1 aromatic rings. The summed E-state index contributed by atoms with van der Waals surface area (Å²) in [6.07, 6.45) is 7.16. The molecule has 0 bridgehead atoms. The summed E-state index contributed by atoms with van der Waals surface area (Å²) >= 11 is 0. The first-order valence-electron chi connectivity index (χ1n) is 9.88. The van der Waals surface area contributed by atoms with E-state index >= 15 is 0 Å². The van der Waals surface area contributed by atoms with Crippen molar-refractivity contribution in [3.63, 3.8) is 0 Å². The van der Waals surface area contributed by atoms with Crippen LogP contribution in [0.5, 0.6) is 0 Å². The van der Waals surface area contributed by atoms with Gasteiger partial charge in [0.2, 0.25) is 0 Å². The van der Waals surface area contributed by atoms with E-state index in [1.54, 1.807) is 12.1 Å². The average Bonchev–Trinajstić information content (AvgIpc) is 3.16. The zero-order chi connectivity index (χ0) is 18.4. The lowest BCUT2D eigenvalue weighted by atomic mass is 9.69. The normalized spacial score (nSPS) is 22.2. The third kappa shape index (κ3) is 5.79. The van der Waals surface area contributed by atoms with Crippen LogP contribution in [0.3, 0.4) is 0 Å². The minimum atomic E-state index is -0.165. The van der Waals surface area contributed by atoms with E-state index < -0.39 is 0 Å². The molecule has 1 heterocycles. The van der Waals surface area contributed by atoms with Crippen LogP contribution in [0.2, 0.25) is 0 Å². The predicted molar refractivity (Wildman–Crippen MR) is 119 cm³/mol. The fraction of sp³-hybridized carbons (Fsp3) is 0.667. The molecule has 1 saturated carbocycles. The smallest absolute Gasteiger partial charge is 0.193 e. The maximum Gasteiger partial charge on any atom is 0.193 e. The van der Waals surface area contributed by atoms with Gasteiger partial charge in [0, 0.05) is 45.1 Å². The Morgan fingerprint density at radius 1 is 1.26 bits per heavy atom. The molecule has 1 atom stereocenters. The highest BCUT2D eigenvalue weighted by atomic mass is 127. The van der Waals surface area contributed by atoms with E-state index in [1.807, 2.05) is 19.2 Å². The molecule has 1 aliphatic heterocycles. The third-order valence-electron chi connectivity index (χ3n) is 5.98. The van der Waals surface area contributed by atoms with Crippen molar-refractivity contribution in [2.24, 2.45) is 10.9 Å². The van der Waals surface area contributed by atoms with E-state index in [2.05, 4.69) is 22.3 Å². The molecule has 0 radical (unpaired) electrons. The first-order chi connectivity index (χ1) is 12.6. The fourth-order valence-corrected chi connectivity index (χ4v) is 4.43. The minimum Gasteiger partial charge on any atom is -0.381 e. The Morgan fingerprint density at radius 3 is 2.56 bits per heavy atom. The Hall–Kier alpha value is -0.890. The van der Waals surface area contributed by atoms with E-state index in [9.17, 15) is 4.39 Å². The molecule has 1 aliphatic carbocycles. The van der Waals surface area contributed by atoms with Gasteiger partial charge in [0.05, 0.1) is 6.61 Å². The minimum absolute atomic E-state index is 0. The first-order valence-corrected chi connectivity index (χ1v) is 9.88. The third-order valence-corrected chi connectivity index (χ3v) is 5.98. The SMILES string of the molecule is CN=C(NCC1(c2ccc(F)cc2)CCCCC1)N(C)CC1CCOC1.I. The van der Waals surface area contributed by atoms with Crippen molar-refractivity contribution in [2.45, 2.75) is 43.9 Å². The lowest BCUT2D eigenvalue weighted by Crippen LogP contribution is -2.48. The molecule has 0 spiro atoms. The maximum absolute atomic E-state index is 13.4. The van der Waals surface area contributed by atoms with Crippen molar-refractivity contribution in [3.05, 3.63) is 35.6 Å². The molecule has 2 aliphatic rings. The Bertz CT molecular complexity index is 596. The van der Waals surface area contributed by atoms with Gasteiger partial charge in [0.1, 0.15) is 5.82 Å². The Balaban J connectivity index is 0.00000261. The van der Waals surface area contributed by atoms with Gasteiger partial charge in [-0.25, -0.2) is 4.39 Å². The van der Waals surface area contributed by atoms with Gasteiger partial charge in [0.15, 0.2) is 5.96 Å². The number of hydrogen-bond acceptors (Lipinski definition) is 2. The van der Waals surface area contributed by atoms with Gasteiger partial charge in [-0.3, -0.25) is 4.99 Å². The first kappa shape index (κ1) is 22.4. The number of aliphatic imine (C=N–C) groups is 1. The predicted octanol–water partition coefficient (Wildman–Crippen LogP) is 4.19. The summed E-state index contributed by atoms with van der Waals surface area (Å²) < 4.78 is 18.9. The van der Waals surface area contributed by atoms with Gasteiger partial charge in [-0.15, -0.1) is 24.0 Å². The number of ether oxygens (including phenoxy) is 1. The van der Waals surface area contributed by atoms with E-state index in [4.69, 9.17) is 4.74 Å². The number of guanidine groups is 1. The molecule has 6 heteroatoms. The van der Waals surface area contributed by atoms with Gasteiger partial charge < -0.3 is 15.0 Å². The number of benzene rings is 1. The maximum atomic E-state index is 13.4. The van der Waals surface area contributed by atoms with Crippen molar-refractivity contribution in [1.82, 2.24) is 10.2 Å². The molecule has 0 aromatic heterocycles. The molecular formula is C21H33FIN3O. The molecule has 4 nitrogen and oxygen atoms in total. The van der Waals surface area contributed by atoms with Crippen LogP contribution >= 0.6 is 24.0 Å². The van der Waals surface area contributed by atoms with Crippen molar-refractivity contribution < 1.29 is 9.13 Å². The van der Waals surface area contributed by atoms with E-state index in [0.717, 1.165) is 51.5 Å². The molecule has 1 aromatic carbocycles. The van der Waals surface area contributed by atoms with Crippen LogP contribution in [0.1, 0.15) is 44.1 Å². The number of hydrogen-bond donors (Lipinski definition) is 1. The lowest BCUT2D eigenvalue weighted by molar-refractivity contribution is 0.181. The summed E-state index contributed by atoms with van der Waals surface area (Å²) in [4.78, 5) is 6.69. The largest absolute Gasteiger partial charge is 0.381 e. The van der Waals surface area contributed by atoms with Crippen molar-refractivity contribution >= 4 is 29.9 Å². The van der Waals surface area contributed by atoms with Crippen molar-refractivity contribution in [1.29, 1.82) is 0 Å². The number of nitrogens with zero attached hydrogens (tertiary/aromatic N) is 2. The molecule has 1 saturated heterocycles. The van der Waals surface area contributed by atoms with Crippen LogP contribution in [0.25, 0.3) is 0 Å². The molecule has 0 amide bonds. The van der Waals surface area contributed by atoms with Crippen LogP contribution in [0.15, 0.2) is 29.3 Å². The van der Waals surface area contributed by atoms with Crippen LogP contribution in [-0.2, 0) is 10.2 Å². The zero-order valence-corrected chi connectivity index (χ0v) is 18.9. The second-order valence-corrected chi connectivity index (χ2v) is 7.86. The van der Waals surface area contributed by atoms with Gasteiger partial charge in [0.25, 0.3) is 0 Å². The Kier molecular flexibility index (Phi) is 8.79. The molecule has 27 heavy (non-hydrogen) atoms. The summed E-state index contributed by atoms with van der Waals surface area (Å²) in [5.41, 5.74) is 1.31. The Labute approximate surface area is 180 Å². The van der Waals surface area contributed by atoms with Gasteiger partial charge >= 0.3 is 0 Å². The van der Waals surface area contributed by atoms with Gasteiger partial charge in [-0.1, -0.05) is 31.4 Å². The van der Waals surface area contributed by atoms with Gasteiger partial charge in [-0.2, -0.15) is 0 Å². The molecule has 3 rings (SSSR count). The second-order valence-electron chi connectivity index (χ2n) is 7.86. The fourth-order valence-electron chi connectivity index (χ4n) is 4.43. The summed E-state index contributed by atoms with van der Waals surface area (Å²) in [7, 11) is 3.94. The van der Waals surface area contributed by atoms with Crippen molar-refractivity contribution in [2.75, 3.05) is 40.4 Å². The summed E-state index contributed by atoms with van der Waals surface area (Å²) in [5, 5.41) is 3.61. The number of halogens is 2. The van der Waals surface area contributed by atoms with Crippen LogP contribution < -0.4 is 5.32 Å². The number of rotatable bonds is 5. The highest BCUT2D eigenvalue weighted by molar-refractivity contribution is 14.0. The monoisotopic (exact) mass is 489 g/mol. The summed E-state index contributed by atoms with van der Waals surface area (Å²) in [6.45, 7) is 3.53. The highest BCUT2D eigenvalue weighted by Gasteiger charge is 2.34. The number of nitrogens with one attached hydrogen (secondary N) is 1. The topological polar surface area (TPSA) is 36.9 Å². The average molecular weight is 489 g/mol. The molecule has 1 unspecified atom stereocenters. The molecule has 2 fully saturated rings. The van der Waals surface area contributed by atoms with Crippen LogP contribution in [-0.4, -0.2) is 51.3 Å². The lowest BCUT2D eigenvalue weighted by Gasteiger charge is -2.39. The molecular weight excluding hydrogens is 456 g/mol. The van der Waals surface area contributed by atoms with Crippen molar-refractivity contribution in [3.8, 4) is 0 Å². The zero-order valence-electron chi connectivity index (χ0n) is 16.5. The summed E-state index contributed by atoms with van der Waals surface area (Å²) in [6, 6.07) is 7.11. The van der Waals surface area contributed by atoms with E-state index in [1.165, 1.54) is 24.8 Å². The molecule has 152 valence electrons. The van der Waals surface area contributed by atoms with Gasteiger partial charge in [-0.05, 0) is 37.0 Å². The summed E-state index contributed by atoms with van der Waals surface area (Å²) in [5.74, 6) is 1.35. The standard InChI is InChI=1S/C21H32FN3O.HI/c1-23-20(25(2)14-17-10-13-26-15-17)24-16-21(11-4-3-5-12-21)18-6-8-19(22)9-7-18;/h6-9,17H,3-5,10-16H2,1-2H3,(H,23,24);1H. The Morgan fingerprint density at radius 2 is 1.96 bits per heavy atom. The van der Waals surface area contributed by atoms with E-state index in [-0.39, 0.29) is 35.2 Å². The van der Waals surface area contributed by atoms with Crippen LogP contribution in [0, 0.1) is 11.7 Å². The second kappa shape index (κ2) is 10.6. The molecule has 1 N–H and O–H groups in total. The quantitative estimate of drug-likeness (QED) is 0.383. The van der Waals surface area contributed by atoms with E-state index in [0.29, 0.717) is 5.92 Å².